The summed E-state index contributed by atoms with van der Waals surface area (Å²) in [7, 11) is -3.72. The molecule has 0 bridgehead atoms. The normalized spacial score (nSPS) is 18.4. The first-order valence-electron chi connectivity index (χ1n) is 8.34. The van der Waals surface area contributed by atoms with Crippen molar-refractivity contribution in [1.82, 2.24) is 4.31 Å². The second kappa shape index (κ2) is 8.29. The molecule has 1 atom stereocenters. The summed E-state index contributed by atoms with van der Waals surface area (Å²) >= 11 is 6.05. The number of ether oxygens (including phenoxy) is 1. The molecule has 0 saturated heterocycles. The fourth-order valence-electron chi connectivity index (χ4n) is 2.80. The molecule has 1 saturated carbocycles. The molecule has 0 amide bonds. The molecule has 0 radical (unpaired) electrons. The molecular weight excluding hydrogens is 366 g/mol. The molecule has 25 heavy (non-hydrogen) atoms. The van der Waals surface area contributed by atoms with Crippen LogP contribution in [0.1, 0.15) is 49.9 Å². The Morgan fingerprint density at radius 2 is 1.96 bits per heavy atom. The van der Waals surface area contributed by atoms with E-state index in [2.05, 4.69) is 0 Å². The van der Waals surface area contributed by atoms with Crippen molar-refractivity contribution in [2.75, 3.05) is 13.1 Å². The van der Waals surface area contributed by atoms with E-state index < -0.39 is 22.1 Å². The number of nitrogens with zero attached hydrogens (tertiary/aromatic N) is 1. The van der Waals surface area contributed by atoms with Crippen molar-refractivity contribution < 1.29 is 22.7 Å². The molecule has 0 aliphatic heterocycles. The Morgan fingerprint density at radius 1 is 1.28 bits per heavy atom. The molecule has 138 valence electrons. The lowest BCUT2D eigenvalue weighted by Gasteiger charge is -2.21. The zero-order chi connectivity index (χ0) is 18.6. The molecule has 1 aromatic carbocycles. The van der Waals surface area contributed by atoms with Crippen LogP contribution in [0, 0.1) is 0 Å². The number of carbonyl (C=O) groups is 2. The zero-order valence-electron chi connectivity index (χ0n) is 14.3. The van der Waals surface area contributed by atoms with Crippen LogP contribution >= 0.6 is 11.6 Å². The lowest BCUT2D eigenvalue weighted by molar-refractivity contribution is -0.129. The Hall–Kier alpha value is -1.44. The van der Waals surface area contributed by atoms with E-state index in [9.17, 15) is 18.0 Å². The van der Waals surface area contributed by atoms with Crippen LogP contribution in [0.4, 0.5) is 0 Å². The van der Waals surface area contributed by atoms with Gasteiger partial charge in [-0.1, -0.05) is 25.4 Å². The van der Waals surface area contributed by atoms with Crippen molar-refractivity contribution in [3.05, 3.63) is 28.8 Å². The molecule has 1 aromatic rings. The number of Topliss-reactive ketones (excluding diaryl/α,β-unsaturated/α-hetero) is 1. The van der Waals surface area contributed by atoms with E-state index in [1.54, 1.807) is 13.8 Å². The lowest BCUT2D eigenvalue weighted by atomic mass is 9.96. The van der Waals surface area contributed by atoms with Crippen LogP contribution < -0.4 is 0 Å². The van der Waals surface area contributed by atoms with Gasteiger partial charge in [-0.15, -0.1) is 0 Å². The molecule has 1 fully saturated rings. The standard InChI is InChI=1S/C17H22ClNO5S/c1-3-19(4-2)25(22,23)12-9-10-14(18)13(11-12)17(21)24-16-8-6-5-7-15(16)20/h9-11,16H,3-8H2,1-2H3/t16-/m1/s1. The Bertz CT molecular complexity index is 758. The van der Waals surface area contributed by atoms with Crippen LogP contribution in [-0.4, -0.2) is 43.7 Å². The van der Waals surface area contributed by atoms with Crippen molar-refractivity contribution in [1.29, 1.82) is 0 Å². The summed E-state index contributed by atoms with van der Waals surface area (Å²) in [5, 5.41) is 0.0896. The monoisotopic (exact) mass is 387 g/mol. The molecule has 6 nitrogen and oxygen atoms in total. The van der Waals surface area contributed by atoms with Gasteiger partial charge in [0.2, 0.25) is 10.0 Å². The molecule has 1 aliphatic carbocycles. The summed E-state index contributed by atoms with van der Waals surface area (Å²) in [6, 6.07) is 3.93. The highest BCUT2D eigenvalue weighted by Crippen LogP contribution is 2.25. The number of sulfonamides is 1. The number of halogens is 1. The Morgan fingerprint density at radius 3 is 2.56 bits per heavy atom. The number of rotatable bonds is 6. The van der Waals surface area contributed by atoms with Crippen LogP contribution in [0.3, 0.4) is 0 Å². The molecule has 0 aromatic heterocycles. The number of esters is 1. The van der Waals surface area contributed by atoms with E-state index in [4.69, 9.17) is 16.3 Å². The maximum absolute atomic E-state index is 12.6. The second-order valence-corrected chi connectivity index (χ2v) is 8.18. The molecule has 0 N–H and O–H groups in total. The highest BCUT2D eigenvalue weighted by atomic mass is 35.5. The topological polar surface area (TPSA) is 80.8 Å². The van der Waals surface area contributed by atoms with Gasteiger partial charge in [0, 0.05) is 19.5 Å². The average Bonchev–Trinajstić information content (AvgIpc) is 2.58. The predicted molar refractivity (Wildman–Crippen MR) is 94.2 cm³/mol. The van der Waals surface area contributed by atoms with Gasteiger partial charge in [0.1, 0.15) is 0 Å². The molecule has 0 unspecified atom stereocenters. The minimum atomic E-state index is -3.72. The predicted octanol–water partition coefficient (Wildman–Crippen LogP) is 3.04. The van der Waals surface area contributed by atoms with Crippen molar-refractivity contribution in [3.8, 4) is 0 Å². The third-order valence-electron chi connectivity index (χ3n) is 4.25. The Balaban J connectivity index is 2.29. The van der Waals surface area contributed by atoms with Crippen LogP contribution in [0.2, 0.25) is 5.02 Å². The van der Waals surface area contributed by atoms with Crippen LogP contribution in [0.5, 0.6) is 0 Å². The van der Waals surface area contributed by atoms with Gasteiger partial charge in [0.05, 0.1) is 15.5 Å². The minimum Gasteiger partial charge on any atom is -0.451 e. The van der Waals surface area contributed by atoms with Crippen molar-refractivity contribution in [2.24, 2.45) is 0 Å². The van der Waals surface area contributed by atoms with E-state index in [1.165, 1.54) is 22.5 Å². The second-order valence-electron chi connectivity index (χ2n) is 5.84. The quantitative estimate of drug-likeness (QED) is 0.701. The third kappa shape index (κ3) is 4.40. The summed E-state index contributed by atoms with van der Waals surface area (Å²) in [5.74, 6) is -0.885. The lowest BCUT2D eigenvalue weighted by Crippen LogP contribution is -2.31. The first-order valence-corrected chi connectivity index (χ1v) is 10.2. The fourth-order valence-corrected chi connectivity index (χ4v) is 4.48. The van der Waals surface area contributed by atoms with Gasteiger partial charge < -0.3 is 4.74 Å². The van der Waals surface area contributed by atoms with Gasteiger partial charge in [0.15, 0.2) is 11.9 Å². The molecule has 0 spiro atoms. The first kappa shape index (κ1) is 19.9. The maximum atomic E-state index is 12.6. The number of carbonyl (C=O) groups excluding carboxylic acids is 2. The number of ketones is 1. The SMILES string of the molecule is CCN(CC)S(=O)(=O)c1ccc(Cl)c(C(=O)O[C@@H]2CCCCC2=O)c1. The summed E-state index contributed by atoms with van der Waals surface area (Å²) in [6.07, 6.45) is 1.71. The smallest absolute Gasteiger partial charge is 0.340 e. The average molecular weight is 388 g/mol. The molecule has 2 rings (SSSR count). The Labute approximate surface area is 153 Å². The van der Waals surface area contributed by atoms with Crippen LogP contribution in [0.25, 0.3) is 0 Å². The number of benzene rings is 1. The molecule has 0 heterocycles. The molecule has 8 heteroatoms. The van der Waals surface area contributed by atoms with E-state index in [-0.39, 0.29) is 21.3 Å². The minimum absolute atomic E-state index is 0.0254. The Kier molecular flexibility index (Phi) is 6.59. The van der Waals surface area contributed by atoms with Crippen LogP contribution in [0.15, 0.2) is 23.1 Å². The number of hydrogen-bond donors (Lipinski definition) is 0. The molecular formula is C17H22ClNO5S. The van der Waals surface area contributed by atoms with E-state index in [1.807, 2.05) is 0 Å². The van der Waals surface area contributed by atoms with Crippen molar-refractivity contribution in [3.63, 3.8) is 0 Å². The largest absolute Gasteiger partial charge is 0.451 e. The zero-order valence-corrected chi connectivity index (χ0v) is 15.9. The van der Waals surface area contributed by atoms with Crippen LogP contribution in [-0.2, 0) is 19.6 Å². The van der Waals surface area contributed by atoms with E-state index in [0.717, 1.165) is 12.8 Å². The van der Waals surface area contributed by atoms with E-state index >= 15 is 0 Å². The highest BCUT2D eigenvalue weighted by molar-refractivity contribution is 7.89. The summed E-state index contributed by atoms with van der Waals surface area (Å²) < 4.78 is 31.8. The van der Waals surface area contributed by atoms with Gasteiger partial charge >= 0.3 is 5.97 Å². The van der Waals surface area contributed by atoms with Gasteiger partial charge in [-0.3, -0.25) is 4.79 Å². The number of hydrogen-bond acceptors (Lipinski definition) is 5. The summed E-state index contributed by atoms with van der Waals surface area (Å²) in [6.45, 7) is 4.11. The molecule has 1 aliphatic rings. The van der Waals surface area contributed by atoms with Crippen molar-refractivity contribution >= 4 is 33.4 Å². The summed E-state index contributed by atoms with van der Waals surface area (Å²) in [5.41, 5.74) is -0.0479. The van der Waals surface area contributed by atoms with Gasteiger partial charge in [-0.2, -0.15) is 4.31 Å². The maximum Gasteiger partial charge on any atom is 0.340 e. The highest BCUT2D eigenvalue weighted by Gasteiger charge is 2.28. The summed E-state index contributed by atoms with van der Waals surface area (Å²) in [4.78, 5) is 24.2. The van der Waals surface area contributed by atoms with Gasteiger partial charge in [0.25, 0.3) is 0 Å². The van der Waals surface area contributed by atoms with Crippen molar-refractivity contribution in [2.45, 2.75) is 50.5 Å². The van der Waals surface area contributed by atoms with Gasteiger partial charge in [-0.05, 0) is 37.5 Å². The third-order valence-corrected chi connectivity index (χ3v) is 6.62. The van der Waals surface area contributed by atoms with E-state index in [0.29, 0.717) is 25.9 Å². The first-order chi connectivity index (χ1) is 11.8. The van der Waals surface area contributed by atoms with Gasteiger partial charge in [-0.25, -0.2) is 13.2 Å². The fraction of sp³-hybridized carbons (Fsp3) is 0.529.